The number of carboxylic acid groups (broad SMARTS) is 1. The number of ether oxygens (including phenoxy) is 2. The van der Waals surface area contributed by atoms with E-state index in [1.165, 1.54) is 12.1 Å². The first-order valence-electron chi connectivity index (χ1n) is 9.02. The van der Waals surface area contributed by atoms with Crippen LogP contribution in [0.1, 0.15) is 21.7 Å². The van der Waals surface area contributed by atoms with Crippen LogP contribution in [-0.4, -0.2) is 25.6 Å². The van der Waals surface area contributed by atoms with E-state index < -0.39 is 5.97 Å². The highest BCUT2D eigenvalue weighted by molar-refractivity contribution is 5.88. The first-order valence-corrected chi connectivity index (χ1v) is 9.02. The number of carbonyl (C=O) groups is 1. The molecule has 146 valence electrons. The molecular weight excluding hydrogens is 370 g/mol. The molecule has 2 aromatic carbocycles. The van der Waals surface area contributed by atoms with Gasteiger partial charge < -0.3 is 19.1 Å². The highest BCUT2D eigenvalue weighted by Crippen LogP contribution is 2.23. The molecular formula is C22H19N3O4. The molecule has 0 fully saturated rings. The van der Waals surface area contributed by atoms with E-state index in [2.05, 4.69) is 9.97 Å². The summed E-state index contributed by atoms with van der Waals surface area (Å²) in [5.41, 5.74) is 2.73. The number of pyridine rings is 1. The summed E-state index contributed by atoms with van der Waals surface area (Å²) >= 11 is 0. The zero-order valence-corrected chi connectivity index (χ0v) is 16.0. The van der Waals surface area contributed by atoms with E-state index in [-0.39, 0.29) is 12.2 Å². The van der Waals surface area contributed by atoms with Crippen LogP contribution < -0.4 is 9.47 Å². The Morgan fingerprint density at radius 2 is 1.83 bits per heavy atom. The fourth-order valence-corrected chi connectivity index (χ4v) is 2.87. The maximum Gasteiger partial charge on any atom is 0.335 e. The Bertz CT molecular complexity index is 1180. The Labute approximate surface area is 167 Å². The number of imidazole rings is 1. The van der Waals surface area contributed by atoms with Gasteiger partial charge in [-0.3, -0.25) is 0 Å². The molecule has 29 heavy (non-hydrogen) atoms. The molecule has 0 atom stereocenters. The first kappa shape index (κ1) is 18.5. The topological polar surface area (TPSA) is 86.5 Å². The molecule has 0 aliphatic rings. The maximum atomic E-state index is 11.1. The van der Waals surface area contributed by atoms with Crippen LogP contribution in [0.5, 0.6) is 17.4 Å². The second-order valence-electron chi connectivity index (χ2n) is 6.62. The van der Waals surface area contributed by atoms with E-state index in [4.69, 9.17) is 14.6 Å². The number of rotatable bonds is 6. The maximum absolute atomic E-state index is 11.1. The summed E-state index contributed by atoms with van der Waals surface area (Å²) in [5.74, 6) is 1.33. The minimum atomic E-state index is -0.997. The number of aromatic nitrogens is 3. The second-order valence-corrected chi connectivity index (χ2v) is 6.62. The highest BCUT2D eigenvalue weighted by atomic mass is 16.5. The van der Waals surface area contributed by atoms with Gasteiger partial charge in [-0.05, 0) is 43.3 Å². The summed E-state index contributed by atoms with van der Waals surface area (Å²) in [6, 6.07) is 17.7. The lowest BCUT2D eigenvalue weighted by molar-refractivity contribution is 0.0696. The quantitative estimate of drug-likeness (QED) is 0.528. The number of aromatic carboxylic acids is 1. The van der Waals surface area contributed by atoms with Gasteiger partial charge in [0.15, 0.2) is 5.65 Å². The van der Waals surface area contributed by atoms with Gasteiger partial charge in [-0.25, -0.2) is 9.78 Å². The van der Waals surface area contributed by atoms with Crippen LogP contribution in [0.4, 0.5) is 0 Å². The average Bonchev–Trinajstić information content (AvgIpc) is 3.04. The van der Waals surface area contributed by atoms with Gasteiger partial charge in [-0.2, -0.15) is 4.98 Å². The zero-order chi connectivity index (χ0) is 20.4. The smallest absolute Gasteiger partial charge is 0.335 e. The fraction of sp³-hybridized carbons (Fsp3) is 0.136. The molecule has 7 heteroatoms. The summed E-state index contributed by atoms with van der Waals surface area (Å²) in [4.78, 5) is 20.2. The first-order chi connectivity index (χ1) is 14.0. The molecule has 1 N–H and O–H groups in total. The van der Waals surface area contributed by atoms with Crippen LogP contribution in [0, 0.1) is 6.92 Å². The molecule has 0 saturated heterocycles. The second kappa shape index (κ2) is 7.63. The summed E-state index contributed by atoms with van der Waals surface area (Å²) in [7, 11) is 1.85. The predicted octanol–water partition coefficient (Wildman–Crippen LogP) is 4.35. The van der Waals surface area contributed by atoms with E-state index in [1.54, 1.807) is 18.2 Å². The highest BCUT2D eigenvalue weighted by Gasteiger charge is 2.12. The molecule has 7 nitrogen and oxygen atoms in total. The Balaban J connectivity index is 1.53. The molecule has 0 bridgehead atoms. The Morgan fingerprint density at radius 3 is 2.59 bits per heavy atom. The molecule has 0 aliphatic carbocycles. The van der Waals surface area contributed by atoms with Gasteiger partial charge in [0, 0.05) is 13.1 Å². The van der Waals surface area contributed by atoms with Gasteiger partial charge in [-0.1, -0.05) is 23.8 Å². The third kappa shape index (κ3) is 4.03. The number of aryl methyl sites for hydroxylation is 2. The van der Waals surface area contributed by atoms with Gasteiger partial charge >= 0.3 is 5.97 Å². The number of hydrogen-bond acceptors (Lipinski definition) is 5. The van der Waals surface area contributed by atoms with Gasteiger partial charge in [0.05, 0.1) is 5.56 Å². The molecule has 0 amide bonds. The third-order valence-electron chi connectivity index (χ3n) is 4.48. The lowest BCUT2D eigenvalue weighted by Gasteiger charge is -2.07. The van der Waals surface area contributed by atoms with E-state index in [9.17, 15) is 4.79 Å². The minimum absolute atomic E-state index is 0.173. The summed E-state index contributed by atoms with van der Waals surface area (Å²) in [6.45, 7) is 2.20. The molecule has 0 aliphatic heterocycles. The fourth-order valence-electron chi connectivity index (χ4n) is 2.87. The zero-order valence-electron chi connectivity index (χ0n) is 16.0. The SMILES string of the molecule is Cc1ccc(Oc2ccc3nc(COc4cccc(C(=O)O)c4)n(C)c3n2)cc1. The minimum Gasteiger partial charge on any atom is -0.486 e. The van der Waals surface area contributed by atoms with Gasteiger partial charge in [0.1, 0.15) is 29.4 Å². The van der Waals surface area contributed by atoms with Crippen LogP contribution in [0.25, 0.3) is 11.2 Å². The molecule has 0 unspecified atom stereocenters. The van der Waals surface area contributed by atoms with E-state index in [0.29, 0.717) is 28.9 Å². The van der Waals surface area contributed by atoms with E-state index in [0.717, 1.165) is 11.1 Å². The van der Waals surface area contributed by atoms with Crippen molar-refractivity contribution in [1.82, 2.24) is 14.5 Å². The molecule has 0 radical (unpaired) electrons. The van der Waals surface area contributed by atoms with Gasteiger partial charge in [-0.15, -0.1) is 0 Å². The lowest BCUT2D eigenvalue weighted by Crippen LogP contribution is -2.04. The number of hydrogen-bond donors (Lipinski definition) is 1. The van der Waals surface area contributed by atoms with Crippen molar-refractivity contribution < 1.29 is 19.4 Å². The molecule has 2 aromatic heterocycles. The van der Waals surface area contributed by atoms with Crippen LogP contribution in [0.2, 0.25) is 0 Å². The third-order valence-corrected chi connectivity index (χ3v) is 4.48. The Kier molecular flexibility index (Phi) is 4.87. The normalized spacial score (nSPS) is 10.8. The van der Waals surface area contributed by atoms with Crippen molar-refractivity contribution in [3.8, 4) is 17.4 Å². The van der Waals surface area contributed by atoms with Crippen molar-refractivity contribution in [3.63, 3.8) is 0 Å². The van der Waals surface area contributed by atoms with Crippen molar-refractivity contribution in [3.05, 3.63) is 77.6 Å². The van der Waals surface area contributed by atoms with Crippen LogP contribution in [-0.2, 0) is 13.7 Å². The summed E-state index contributed by atoms with van der Waals surface area (Å²) in [5, 5.41) is 9.09. The van der Waals surface area contributed by atoms with Crippen molar-refractivity contribution in [2.24, 2.45) is 7.05 Å². The van der Waals surface area contributed by atoms with E-state index >= 15 is 0 Å². The predicted molar refractivity (Wildman–Crippen MR) is 107 cm³/mol. The summed E-state index contributed by atoms with van der Waals surface area (Å²) in [6.07, 6.45) is 0. The van der Waals surface area contributed by atoms with Crippen molar-refractivity contribution >= 4 is 17.1 Å². The number of carboxylic acids is 1. The van der Waals surface area contributed by atoms with E-state index in [1.807, 2.05) is 48.9 Å². The number of fused-ring (bicyclic) bond motifs is 1. The number of benzene rings is 2. The van der Waals surface area contributed by atoms with Crippen LogP contribution >= 0.6 is 0 Å². The molecule has 0 spiro atoms. The van der Waals surface area contributed by atoms with Crippen molar-refractivity contribution in [2.45, 2.75) is 13.5 Å². The monoisotopic (exact) mass is 389 g/mol. The number of nitrogens with zero attached hydrogens (tertiary/aromatic N) is 3. The molecule has 2 heterocycles. The van der Waals surface area contributed by atoms with Crippen LogP contribution in [0.3, 0.4) is 0 Å². The molecule has 4 aromatic rings. The van der Waals surface area contributed by atoms with Crippen LogP contribution in [0.15, 0.2) is 60.7 Å². The lowest BCUT2D eigenvalue weighted by atomic mass is 10.2. The standard InChI is InChI=1S/C22H19N3O4/c1-14-6-8-16(9-7-14)29-20-11-10-18-21(24-20)25(2)19(23-18)13-28-17-5-3-4-15(12-17)22(26)27/h3-12H,13H2,1-2H3,(H,26,27). The molecule has 0 saturated carbocycles. The molecule has 4 rings (SSSR count). The Hall–Kier alpha value is -3.87. The Morgan fingerprint density at radius 1 is 1.03 bits per heavy atom. The largest absolute Gasteiger partial charge is 0.486 e. The summed E-state index contributed by atoms with van der Waals surface area (Å²) < 4.78 is 13.4. The van der Waals surface area contributed by atoms with Crippen molar-refractivity contribution in [1.29, 1.82) is 0 Å². The van der Waals surface area contributed by atoms with Gasteiger partial charge in [0.25, 0.3) is 0 Å². The van der Waals surface area contributed by atoms with Crippen molar-refractivity contribution in [2.75, 3.05) is 0 Å². The van der Waals surface area contributed by atoms with Gasteiger partial charge in [0.2, 0.25) is 5.88 Å². The average molecular weight is 389 g/mol.